The summed E-state index contributed by atoms with van der Waals surface area (Å²) in [7, 11) is 16.4. The molecule has 2 amide bonds. The van der Waals surface area contributed by atoms with Gasteiger partial charge in [-0.25, -0.2) is 14.4 Å². The van der Waals surface area contributed by atoms with Gasteiger partial charge in [0.15, 0.2) is 46.0 Å². The highest BCUT2D eigenvalue weighted by molar-refractivity contribution is 6.09. The second kappa shape index (κ2) is 35.6. The van der Waals surface area contributed by atoms with Crippen molar-refractivity contribution in [1.29, 1.82) is 21.0 Å². The van der Waals surface area contributed by atoms with E-state index in [2.05, 4.69) is 55.7 Å². The number of ether oxygens (including phenoxy) is 8. The van der Waals surface area contributed by atoms with E-state index in [0.717, 1.165) is 67.1 Å². The molecule has 31 nitrogen and oxygen atoms in total. The van der Waals surface area contributed by atoms with Crippen molar-refractivity contribution in [2.75, 3.05) is 59.5 Å². The minimum atomic E-state index is -1.06. The van der Waals surface area contributed by atoms with E-state index in [0.29, 0.717) is 134 Å². The molecule has 0 saturated heterocycles. The van der Waals surface area contributed by atoms with Gasteiger partial charge in [-0.05, 0) is 141 Å². The van der Waals surface area contributed by atoms with E-state index in [9.17, 15) is 34.5 Å². The lowest BCUT2D eigenvalue weighted by atomic mass is 10.1. The Bertz CT molecular complexity index is 7560. The van der Waals surface area contributed by atoms with Crippen molar-refractivity contribution in [2.45, 2.75) is 33.0 Å². The molecular formula is C98H82N18O13. The van der Waals surface area contributed by atoms with Gasteiger partial charge >= 0.3 is 17.1 Å². The number of hydrogen-bond acceptors (Lipinski definition) is 23. The summed E-state index contributed by atoms with van der Waals surface area (Å²) in [6, 6.07) is 63.6. The molecule has 1 aliphatic heterocycles. The molecule has 642 valence electrons. The number of anilines is 3. The van der Waals surface area contributed by atoms with Gasteiger partial charge in [-0.1, -0.05) is 67.2 Å². The van der Waals surface area contributed by atoms with Crippen LogP contribution in [-0.2, 0) is 30.7 Å². The Morgan fingerprint density at radius 1 is 0.372 bits per heavy atom. The standard InChI is InChI=1S/2C28H23N5O4.C21H18N4O3.C21H18N4O2/c2*1-16-11-17(14-29)9-10-21(16)33-25-19-12-24(37-26(27(30)34)18-7-5-4-6-8-18)23(36-3)13-20(19)31-15-22(25)32(2)28(33)35;1-12-7-13(10-22)5-6-16(12)25-20-14-8-18(27-3)19(28-4)9-15(14)23-11-17(20)24(2)21(25)26;1-13-24(2)18-12-23-17-10-20(27-4)19(26-3)9-16(17)21(18)25(13)15-7-5-14(11-22)6-8-15/h2*4-13,15,26H,1-3H3,(H2,30,34);5-9,11H,1-4H3;5-10,12H,1H2,2-4H3. The topological polar surface area (TPSA) is 394 Å². The first kappa shape index (κ1) is 86.2. The van der Waals surface area contributed by atoms with Crippen LogP contribution in [0.2, 0.25) is 0 Å². The highest BCUT2D eigenvalue weighted by Crippen LogP contribution is 2.50. The zero-order valence-electron chi connectivity index (χ0n) is 72.2. The zero-order valence-corrected chi connectivity index (χ0v) is 72.2. The molecule has 18 rings (SSSR count). The molecule has 129 heavy (non-hydrogen) atoms. The van der Waals surface area contributed by atoms with Crippen LogP contribution in [0.25, 0.3) is 93.8 Å². The summed E-state index contributed by atoms with van der Waals surface area (Å²) in [6.07, 6.45) is 4.66. The van der Waals surface area contributed by atoms with Crippen molar-refractivity contribution in [3.8, 4) is 87.3 Å². The minimum absolute atomic E-state index is 0.188. The van der Waals surface area contributed by atoms with Crippen LogP contribution in [0.1, 0.15) is 62.3 Å². The summed E-state index contributed by atoms with van der Waals surface area (Å²) in [5.74, 6) is 3.16. The van der Waals surface area contributed by atoms with E-state index < -0.39 is 24.0 Å². The normalized spacial score (nSPS) is 11.9. The number of nitriles is 4. The molecule has 0 fully saturated rings. The van der Waals surface area contributed by atoms with Crippen molar-refractivity contribution in [1.82, 2.24) is 47.3 Å². The van der Waals surface area contributed by atoms with E-state index in [1.54, 1.807) is 232 Å². The lowest BCUT2D eigenvalue weighted by Gasteiger charge is -2.22. The summed E-state index contributed by atoms with van der Waals surface area (Å²) >= 11 is 0. The van der Waals surface area contributed by atoms with E-state index in [1.807, 2.05) is 81.4 Å². The van der Waals surface area contributed by atoms with Gasteiger partial charge in [-0.15, -0.1) is 0 Å². The first-order valence-electron chi connectivity index (χ1n) is 39.9. The molecule has 8 heterocycles. The van der Waals surface area contributed by atoms with Crippen LogP contribution in [0, 0.1) is 66.1 Å². The predicted molar refractivity (Wildman–Crippen MR) is 490 cm³/mol. The number of aryl methyl sites for hydroxylation is 6. The Labute approximate surface area is 736 Å². The summed E-state index contributed by atoms with van der Waals surface area (Å²) < 4.78 is 54.5. The monoisotopic (exact) mass is 1720 g/mol. The molecule has 17 aromatic rings. The van der Waals surface area contributed by atoms with E-state index in [4.69, 9.17) is 59.9 Å². The fourth-order valence-corrected chi connectivity index (χ4v) is 15.9. The van der Waals surface area contributed by atoms with Gasteiger partial charge in [0.05, 0.1) is 198 Å². The van der Waals surface area contributed by atoms with Crippen LogP contribution < -0.4 is 76.2 Å². The number of nitrogens with two attached hydrogens (primary N) is 2. The molecule has 0 saturated carbocycles. The maximum Gasteiger partial charge on any atom is 0.333 e. The highest BCUT2D eigenvalue weighted by Gasteiger charge is 2.34. The SMILES string of the molecule is C=C1N(C)c2cnc3cc(OC)c(OC)cc3c2N1c1ccc(C#N)cc1.COc1cc2ncc3c(c2cc1OC(C(N)=O)c1ccccc1)n(-c1ccc(C#N)cc1C)c(=O)n3C.COc1cc2ncc3c(c2cc1OC(C(N)=O)c1ccccc1)n(-c1ccc(C#N)cc1C)c(=O)n3C.COc1cc2ncc3c(c2cc1OC)n(-c1ccc(C#N)cc1C)c(=O)n3C. The Morgan fingerprint density at radius 2 is 0.667 bits per heavy atom. The number of nitrogens with zero attached hydrogens (tertiary/aromatic N) is 16. The van der Waals surface area contributed by atoms with Gasteiger partial charge in [0.2, 0.25) is 12.2 Å². The number of pyridine rings is 4. The van der Waals surface area contributed by atoms with Crippen molar-refractivity contribution in [2.24, 2.45) is 32.6 Å². The average Bonchev–Trinajstić information content (AvgIpc) is 1.61. The minimum Gasteiger partial charge on any atom is -0.493 e. The van der Waals surface area contributed by atoms with Crippen molar-refractivity contribution >= 4 is 106 Å². The van der Waals surface area contributed by atoms with Gasteiger partial charge in [0.1, 0.15) is 5.82 Å². The largest absolute Gasteiger partial charge is 0.493 e. The quantitative estimate of drug-likeness (QED) is 0.0805. The molecule has 31 heteroatoms. The van der Waals surface area contributed by atoms with E-state index in [1.165, 1.54) is 23.4 Å². The summed E-state index contributed by atoms with van der Waals surface area (Å²) in [4.78, 5) is 86.8. The number of carbonyl (C=O) groups excluding carboxylic acids is 2. The maximum atomic E-state index is 13.4. The Hall–Kier alpha value is -17.7. The number of carbonyl (C=O) groups is 2. The average molecular weight is 1720 g/mol. The molecule has 2 unspecified atom stereocenters. The van der Waals surface area contributed by atoms with Crippen LogP contribution in [0.5, 0.6) is 46.0 Å². The van der Waals surface area contributed by atoms with Crippen LogP contribution in [-0.4, -0.2) is 109 Å². The number of rotatable bonds is 18. The molecule has 10 aromatic carbocycles. The molecule has 7 aromatic heterocycles. The van der Waals surface area contributed by atoms with Crippen molar-refractivity contribution < 1.29 is 47.5 Å². The lowest BCUT2D eigenvalue weighted by molar-refractivity contribution is -0.125. The molecular weight excluding hydrogens is 1640 g/mol. The Morgan fingerprint density at radius 3 is 0.984 bits per heavy atom. The number of amides is 2. The second-order valence-electron chi connectivity index (χ2n) is 29.9. The third kappa shape index (κ3) is 15.7. The highest BCUT2D eigenvalue weighted by atomic mass is 16.5. The molecule has 0 spiro atoms. The van der Waals surface area contributed by atoms with Crippen LogP contribution in [0.3, 0.4) is 0 Å². The van der Waals surface area contributed by atoms with Crippen LogP contribution >= 0.6 is 0 Å². The van der Waals surface area contributed by atoms with Gasteiger partial charge in [-0.2, -0.15) is 21.0 Å². The van der Waals surface area contributed by atoms with Crippen LogP contribution in [0.4, 0.5) is 17.1 Å². The fraction of sp³-hybridized carbons (Fsp3) is 0.153. The lowest BCUT2D eigenvalue weighted by Crippen LogP contribution is -2.26. The number of primary amides is 2. The number of hydrogen-bond donors (Lipinski definition) is 2. The summed E-state index contributed by atoms with van der Waals surface area (Å²) in [5, 5.41) is 39.7. The molecule has 4 N–H and O–H groups in total. The first-order chi connectivity index (χ1) is 62.2. The zero-order chi connectivity index (χ0) is 91.7. The second-order valence-corrected chi connectivity index (χ2v) is 29.9. The van der Waals surface area contributed by atoms with E-state index >= 15 is 0 Å². The Kier molecular flexibility index (Phi) is 23.8. The fourth-order valence-electron chi connectivity index (χ4n) is 15.9. The molecule has 0 bridgehead atoms. The maximum absolute atomic E-state index is 13.4. The molecule has 0 radical (unpaired) electrons. The molecule has 0 aliphatic carbocycles. The number of methoxy groups -OCH3 is 6. The number of benzene rings is 10. The molecule has 2 atom stereocenters. The first-order valence-corrected chi connectivity index (χ1v) is 39.9. The van der Waals surface area contributed by atoms with Gasteiger partial charge in [-0.3, -0.25) is 61.8 Å². The van der Waals surface area contributed by atoms with Gasteiger partial charge < -0.3 is 54.3 Å². The van der Waals surface area contributed by atoms with Crippen molar-refractivity contribution in [3.63, 3.8) is 0 Å². The van der Waals surface area contributed by atoms with E-state index in [-0.39, 0.29) is 28.6 Å². The van der Waals surface area contributed by atoms with Crippen LogP contribution in [0.15, 0.2) is 240 Å². The number of aromatic nitrogens is 10. The summed E-state index contributed by atoms with van der Waals surface area (Å²) in [6.45, 7) is 9.81. The molecule has 1 aliphatic rings. The summed E-state index contributed by atoms with van der Waals surface area (Å²) in [5.41, 5.74) is 27.7. The third-order valence-electron chi connectivity index (χ3n) is 22.4. The third-order valence-corrected chi connectivity index (χ3v) is 22.4. The number of fused-ring (bicyclic) bond motifs is 12. The Balaban J connectivity index is 0.000000133. The smallest absolute Gasteiger partial charge is 0.333 e. The predicted octanol–water partition coefficient (Wildman–Crippen LogP) is 14.6. The number of imidazole rings is 3. The van der Waals surface area contributed by atoms with Gasteiger partial charge in [0.25, 0.3) is 11.8 Å². The van der Waals surface area contributed by atoms with Gasteiger partial charge in [0, 0.05) is 90.8 Å². The van der Waals surface area contributed by atoms with Crippen molar-refractivity contribution in [3.05, 3.63) is 307 Å².